The normalized spacial score (nSPS) is 10.8. The molecule has 106 valence electrons. The standard InChI is InChI=1S/C17H22N2S/c1-14(2)13-20-17-10-8-15(9-11-17)12-18-19-16-6-4-3-5-7-16/h3-11,14,18-19H,12-13H2,1-2H3. The minimum atomic E-state index is 0.733. The summed E-state index contributed by atoms with van der Waals surface area (Å²) in [5.74, 6) is 1.91. The smallest absolute Gasteiger partial charge is 0.0487 e. The Morgan fingerprint density at radius 1 is 0.950 bits per heavy atom. The maximum atomic E-state index is 3.23. The maximum absolute atomic E-state index is 3.23. The van der Waals surface area contributed by atoms with Gasteiger partial charge in [0.05, 0.1) is 0 Å². The molecule has 0 aliphatic heterocycles. The summed E-state index contributed by atoms with van der Waals surface area (Å²) in [6.45, 7) is 5.31. The van der Waals surface area contributed by atoms with E-state index < -0.39 is 0 Å². The molecule has 2 aromatic rings. The highest BCUT2D eigenvalue weighted by molar-refractivity contribution is 7.99. The summed E-state index contributed by atoms with van der Waals surface area (Å²) < 4.78 is 0. The Morgan fingerprint density at radius 3 is 2.30 bits per heavy atom. The highest BCUT2D eigenvalue weighted by Gasteiger charge is 1.98. The van der Waals surface area contributed by atoms with E-state index in [1.54, 1.807) is 0 Å². The molecule has 0 aliphatic rings. The first-order valence-electron chi connectivity index (χ1n) is 6.99. The van der Waals surface area contributed by atoms with Gasteiger partial charge in [0.2, 0.25) is 0 Å². The number of para-hydroxylation sites is 1. The van der Waals surface area contributed by atoms with Crippen LogP contribution in [-0.2, 0) is 6.54 Å². The van der Waals surface area contributed by atoms with Gasteiger partial charge in [-0.2, -0.15) is 0 Å². The van der Waals surface area contributed by atoms with Crippen LogP contribution in [0.15, 0.2) is 59.5 Å². The Labute approximate surface area is 126 Å². The van der Waals surface area contributed by atoms with Gasteiger partial charge in [-0.3, -0.25) is 0 Å². The predicted molar refractivity (Wildman–Crippen MR) is 88.9 cm³/mol. The van der Waals surface area contributed by atoms with Gasteiger partial charge in [-0.25, -0.2) is 5.43 Å². The van der Waals surface area contributed by atoms with Crippen LogP contribution in [0.4, 0.5) is 5.69 Å². The van der Waals surface area contributed by atoms with Gasteiger partial charge in [0.25, 0.3) is 0 Å². The van der Waals surface area contributed by atoms with Gasteiger partial charge in [-0.15, -0.1) is 11.8 Å². The van der Waals surface area contributed by atoms with E-state index in [1.165, 1.54) is 16.2 Å². The fraction of sp³-hybridized carbons (Fsp3) is 0.294. The fourth-order valence-corrected chi connectivity index (χ4v) is 2.59. The molecular weight excluding hydrogens is 264 g/mol. The minimum absolute atomic E-state index is 0.733. The Morgan fingerprint density at radius 2 is 1.65 bits per heavy atom. The zero-order valence-corrected chi connectivity index (χ0v) is 12.9. The van der Waals surface area contributed by atoms with E-state index in [-0.39, 0.29) is 0 Å². The Bertz CT molecular complexity index is 494. The lowest BCUT2D eigenvalue weighted by molar-refractivity contribution is 0.750. The monoisotopic (exact) mass is 286 g/mol. The minimum Gasteiger partial charge on any atom is -0.321 e. The van der Waals surface area contributed by atoms with E-state index in [1.807, 2.05) is 42.1 Å². The molecule has 0 aromatic heterocycles. The van der Waals surface area contributed by atoms with E-state index in [9.17, 15) is 0 Å². The second-order valence-electron chi connectivity index (χ2n) is 5.19. The van der Waals surface area contributed by atoms with Crippen molar-refractivity contribution in [2.24, 2.45) is 5.92 Å². The summed E-state index contributed by atoms with van der Waals surface area (Å²) in [5, 5.41) is 0. The largest absolute Gasteiger partial charge is 0.321 e. The van der Waals surface area contributed by atoms with Crippen molar-refractivity contribution < 1.29 is 0 Å². The van der Waals surface area contributed by atoms with Crippen molar-refractivity contribution in [3.8, 4) is 0 Å². The second-order valence-corrected chi connectivity index (χ2v) is 6.29. The van der Waals surface area contributed by atoms with Crippen LogP contribution in [0.5, 0.6) is 0 Å². The highest BCUT2D eigenvalue weighted by atomic mass is 32.2. The molecule has 0 bridgehead atoms. The highest BCUT2D eigenvalue weighted by Crippen LogP contribution is 2.20. The molecule has 0 saturated carbocycles. The molecule has 2 aromatic carbocycles. The van der Waals surface area contributed by atoms with Gasteiger partial charge in [0.15, 0.2) is 0 Å². The molecule has 0 spiro atoms. The van der Waals surface area contributed by atoms with Crippen LogP contribution in [0.1, 0.15) is 19.4 Å². The lowest BCUT2D eigenvalue weighted by Crippen LogP contribution is -2.20. The van der Waals surface area contributed by atoms with E-state index in [0.717, 1.165) is 18.2 Å². The van der Waals surface area contributed by atoms with Crippen LogP contribution < -0.4 is 10.9 Å². The number of hydrogen-bond donors (Lipinski definition) is 2. The molecule has 0 saturated heterocycles. The van der Waals surface area contributed by atoms with Gasteiger partial charge in [0.1, 0.15) is 0 Å². The summed E-state index contributed by atoms with van der Waals surface area (Å²) in [5.41, 5.74) is 8.78. The Hall–Kier alpha value is -1.45. The van der Waals surface area contributed by atoms with Crippen LogP contribution in [-0.4, -0.2) is 5.75 Å². The third kappa shape index (κ3) is 5.27. The molecule has 0 unspecified atom stereocenters. The molecule has 20 heavy (non-hydrogen) atoms. The van der Waals surface area contributed by atoms with Gasteiger partial charge in [-0.1, -0.05) is 44.2 Å². The third-order valence-electron chi connectivity index (χ3n) is 2.81. The average molecular weight is 286 g/mol. The lowest BCUT2D eigenvalue weighted by Gasteiger charge is -2.09. The SMILES string of the molecule is CC(C)CSc1ccc(CNNc2ccccc2)cc1. The lowest BCUT2D eigenvalue weighted by atomic mass is 10.2. The van der Waals surface area contributed by atoms with Crippen molar-refractivity contribution in [1.82, 2.24) is 5.43 Å². The number of hydrazine groups is 1. The number of rotatable bonds is 7. The number of thioether (sulfide) groups is 1. The van der Waals surface area contributed by atoms with E-state index in [0.29, 0.717) is 0 Å². The van der Waals surface area contributed by atoms with Crippen LogP contribution in [0, 0.1) is 5.92 Å². The molecule has 0 heterocycles. The van der Waals surface area contributed by atoms with E-state index in [4.69, 9.17) is 0 Å². The van der Waals surface area contributed by atoms with Crippen molar-refractivity contribution in [2.45, 2.75) is 25.3 Å². The van der Waals surface area contributed by atoms with Crippen LogP contribution >= 0.6 is 11.8 Å². The summed E-state index contributed by atoms with van der Waals surface area (Å²) in [6.07, 6.45) is 0. The van der Waals surface area contributed by atoms with Crippen LogP contribution in [0.3, 0.4) is 0 Å². The van der Waals surface area contributed by atoms with Crippen molar-refractivity contribution in [1.29, 1.82) is 0 Å². The van der Waals surface area contributed by atoms with Crippen molar-refractivity contribution in [3.05, 3.63) is 60.2 Å². The maximum Gasteiger partial charge on any atom is 0.0487 e. The molecule has 0 amide bonds. The predicted octanol–water partition coefficient (Wildman–Crippen LogP) is 4.55. The molecule has 2 rings (SSSR count). The molecule has 0 atom stereocenters. The number of nitrogens with one attached hydrogen (secondary N) is 2. The van der Waals surface area contributed by atoms with Gasteiger partial charge < -0.3 is 5.43 Å². The second kappa shape index (κ2) is 7.98. The molecule has 2 N–H and O–H groups in total. The summed E-state index contributed by atoms with van der Waals surface area (Å²) in [4.78, 5) is 1.35. The van der Waals surface area contributed by atoms with E-state index >= 15 is 0 Å². The molecule has 3 heteroatoms. The summed E-state index contributed by atoms with van der Waals surface area (Å²) >= 11 is 1.92. The molecular formula is C17H22N2S. The number of hydrogen-bond acceptors (Lipinski definition) is 3. The first-order chi connectivity index (χ1) is 9.74. The Balaban J connectivity index is 1.76. The summed E-state index contributed by atoms with van der Waals surface area (Å²) in [6, 6.07) is 18.9. The van der Waals surface area contributed by atoms with Crippen molar-refractivity contribution >= 4 is 17.4 Å². The van der Waals surface area contributed by atoms with E-state index in [2.05, 4.69) is 49.0 Å². The van der Waals surface area contributed by atoms with Crippen molar-refractivity contribution in [2.75, 3.05) is 11.2 Å². The fourth-order valence-electron chi connectivity index (χ4n) is 1.74. The topological polar surface area (TPSA) is 24.1 Å². The van der Waals surface area contributed by atoms with Crippen molar-refractivity contribution in [3.63, 3.8) is 0 Å². The average Bonchev–Trinajstić information content (AvgIpc) is 2.47. The molecule has 0 fully saturated rings. The zero-order valence-electron chi connectivity index (χ0n) is 12.1. The third-order valence-corrected chi connectivity index (χ3v) is 4.24. The van der Waals surface area contributed by atoms with Gasteiger partial charge >= 0.3 is 0 Å². The number of anilines is 1. The quantitative estimate of drug-likeness (QED) is 0.577. The van der Waals surface area contributed by atoms with Gasteiger partial charge in [-0.05, 0) is 35.7 Å². The first-order valence-corrected chi connectivity index (χ1v) is 7.98. The first kappa shape index (κ1) is 14.9. The molecule has 0 aliphatic carbocycles. The molecule has 2 nitrogen and oxygen atoms in total. The van der Waals surface area contributed by atoms with Crippen LogP contribution in [0.25, 0.3) is 0 Å². The summed E-state index contributed by atoms with van der Waals surface area (Å²) in [7, 11) is 0. The van der Waals surface area contributed by atoms with Gasteiger partial charge in [0, 0.05) is 22.9 Å². The molecule has 0 radical (unpaired) electrons. The Kier molecular flexibility index (Phi) is 5.96. The van der Waals surface area contributed by atoms with Crippen LogP contribution in [0.2, 0.25) is 0 Å². The zero-order chi connectivity index (χ0) is 14.2. The number of benzene rings is 2.